The molecule has 2 aromatic carbocycles. The van der Waals surface area contributed by atoms with Crippen molar-refractivity contribution in [2.45, 2.75) is 19.5 Å². The molecule has 1 heterocycles. The molecular formula is C21H24BrN3O2. The molecule has 0 radical (unpaired) electrons. The Labute approximate surface area is 168 Å². The summed E-state index contributed by atoms with van der Waals surface area (Å²) in [4.78, 5) is 28.8. The number of nitrogens with zero attached hydrogens (tertiary/aromatic N) is 2. The average molecular weight is 430 g/mol. The molecule has 1 unspecified atom stereocenters. The lowest BCUT2D eigenvalue weighted by atomic mass is 10.1. The second-order valence-corrected chi connectivity index (χ2v) is 8.02. The first-order valence-electron chi connectivity index (χ1n) is 8.99. The minimum Gasteiger partial charge on any atom is -0.352 e. The Bertz CT molecular complexity index is 820. The van der Waals surface area contributed by atoms with Gasteiger partial charge in [0.25, 0.3) is 0 Å². The highest BCUT2D eigenvalue weighted by molar-refractivity contribution is 9.10. The van der Waals surface area contributed by atoms with E-state index in [-0.39, 0.29) is 24.2 Å². The minimum atomic E-state index is -0.317. The largest absolute Gasteiger partial charge is 0.352 e. The molecule has 1 aliphatic rings. The topological polar surface area (TPSA) is 52.7 Å². The maximum Gasteiger partial charge on any atom is 0.227 e. The predicted octanol–water partition coefficient (Wildman–Crippen LogP) is 3.18. The summed E-state index contributed by atoms with van der Waals surface area (Å²) in [6, 6.07) is 15.7. The Morgan fingerprint density at radius 1 is 1.15 bits per heavy atom. The number of amides is 2. The molecule has 0 saturated carbocycles. The third-order valence-corrected chi connectivity index (χ3v) is 5.22. The summed E-state index contributed by atoms with van der Waals surface area (Å²) in [7, 11) is 4.05. The van der Waals surface area contributed by atoms with E-state index in [4.69, 9.17) is 0 Å². The summed E-state index contributed by atoms with van der Waals surface area (Å²) in [6.45, 7) is 1.72. The normalized spacial score (nSPS) is 16.8. The fraction of sp³-hybridized carbons (Fsp3) is 0.333. The van der Waals surface area contributed by atoms with Gasteiger partial charge in [-0.3, -0.25) is 9.59 Å². The Morgan fingerprint density at radius 3 is 2.48 bits per heavy atom. The first-order valence-corrected chi connectivity index (χ1v) is 9.78. The molecule has 1 N–H and O–H groups in total. The highest BCUT2D eigenvalue weighted by atomic mass is 79.9. The molecule has 0 aromatic heterocycles. The number of carbonyl (C=O) groups is 2. The lowest BCUT2D eigenvalue weighted by molar-refractivity contribution is -0.126. The summed E-state index contributed by atoms with van der Waals surface area (Å²) in [5.74, 6) is -0.393. The van der Waals surface area contributed by atoms with Crippen molar-refractivity contribution in [3.05, 3.63) is 64.1 Å². The highest BCUT2D eigenvalue weighted by Gasteiger charge is 2.35. The number of nitrogens with one attached hydrogen (secondary N) is 1. The van der Waals surface area contributed by atoms with Gasteiger partial charge in [-0.2, -0.15) is 0 Å². The molecule has 2 amide bonds. The van der Waals surface area contributed by atoms with Crippen LogP contribution in [0.3, 0.4) is 0 Å². The molecule has 0 bridgehead atoms. The van der Waals surface area contributed by atoms with Gasteiger partial charge in [-0.05, 0) is 49.5 Å². The van der Waals surface area contributed by atoms with E-state index < -0.39 is 0 Å². The van der Waals surface area contributed by atoms with E-state index in [1.807, 2.05) is 56.6 Å². The van der Waals surface area contributed by atoms with Crippen LogP contribution in [0.25, 0.3) is 0 Å². The lowest BCUT2D eigenvalue weighted by Crippen LogP contribution is -2.33. The smallest absolute Gasteiger partial charge is 0.227 e. The van der Waals surface area contributed by atoms with Crippen molar-refractivity contribution in [3.63, 3.8) is 0 Å². The van der Waals surface area contributed by atoms with Gasteiger partial charge in [0.2, 0.25) is 11.8 Å². The summed E-state index contributed by atoms with van der Waals surface area (Å²) in [5.41, 5.74) is 3.13. The van der Waals surface area contributed by atoms with Crippen LogP contribution < -0.4 is 10.2 Å². The van der Waals surface area contributed by atoms with E-state index in [0.29, 0.717) is 13.1 Å². The molecule has 142 valence electrons. The van der Waals surface area contributed by atoms with Crippen LogP contribution in [0.4, 0.5) is 5.69 Å². The van der Waals surface area contributed by atoms with Crippen LogP contribution >= 0.6 is 15.9 Å². The van der Waals surface area contributed by atoms with Gasteiger partial charge in [0.1, 0.15) is 0 Å². The van der Waals surface area contributed by atoms with E-state index >= 15 is 0 Å². The Morgan fingerprint density at radius 2 is 1.81 bits per heavy atom. The molecule has 2 aromatic rings. The summed E-state index contributed by atoms with van der Waals surface area (Å²) in [5, 5.41) is 3.01. The Kier molecular flexibility index (Phi) is 6.29. The quantitative estimate of drug-likeness (QED) is 0.766. The molecule has 6 heteroatoms. The number of benzene rings is 2. The lowest BCUT2D eigenvalue weighted by Gasteiger charge is -2.17. The molecule has 0 aliphatic carbocycles. The van der Waals surface area contributed by atoms with Crippen molar-refractivity contribution in [1.29, 1.82) is 0 Å². The zero-order valence-corrected chi connectivity index (χ0v) is 17.2. The second kappa shape index (κ2) is 8.67. The first-order chi connectivity index (χ1) is 12.9. The van der Waals surface area contributed by atoms with Crippen molar-refractivity contribution in [1.82, 2.24) is 10.2 Å². The predicted molar refractivity (Wildman–Crippen MR) is 110 cm³/mol. The fourth-order valence-electron chi connectivity index (χ4n) is 3.31. The molecule has 27 heavy (non-hydrogen) atoms. The zero-order valence-electron chi connectivity index (χ0n) is 15.6. The number of anilines is 1. The zero-order chi connectivity index (χ0) is 19.4. The number of halogens is 1. The number of carbonyl (C=O) groups excluding carboxylic acids is 2. The summed E-state index contributed by atoms with van der Waals surface area (Å²) >= 11 is 3.40. The Hall–Kier alpha value is -2.18. The van der Waals surface area contributed by atoms with Gasteiger partial charge < -0.3 is 15.1 Å². The molecule has 0 spiro atoms. The van der Waals surface area contributed by atoms with Gasteiger partial charge in [0, 0.05) is 36.2 Å². The van der Waals surface area contributed by atoms with Crippen LogP contribution in [0.1, 0.15) is 17.5 Å². The molecule has 1 atom stereocenters. The van der Waals surface area contributed by atoms with Crippen LogP contribution in [0, 0.1) is 5.92 Å². The van der Waals surface area contributed by atoms with E-state index in [1.54, 1.807) is 4.90 Å². The van der Waals surface area contributed by atoms with E-state index in [9.17, 15) is 9.59 Å². The Balaban J connectivity index is 1.61. The van der Waals surface area contributed by atoms with Crippen LogP contribution in [0.15, 0.2) is 53.0 Å². The average Bonchev–Trinajstić information content (AvgIpc) is 3.03. The number of hydrogen-bond donors (Lipinski definition) is 1. The monoisotopic (exact) mass is 429 g/mol. The standard InChI is InChI=1S/C21H24BrN3O2/c1-24(2)13-16-6-4-3-5-15(16)12-23-21(27)17-11-20(26)25(14-17)19-9-7-18(22)8-10-19/h3-10,17H,11-14H2,1-2H3,(H,23,27). The molecule has 1 fully saturated rings. The molecule has 5 nitrogen and oxygen atoms in total. The molecular weight excluding hydrogens is 406 g/mol. The van der Waals surface area contributed by atoms with Gasteiger partial charge in [0.05, 0.1) is 5.92 Å². The van der Waals surface area contributed by atoms with Crippen LogP contribution in [0.2, 0.25) is 0 Å². The van der Waals surface area contributed by atoms with Crippen molar-refractivity contribution in [3.8, 4) is 0 Å². The second-order valence-electron chi connectivity index (χ2n) is 7.11. The van der Waals surface area contributed by atoms with E-state index in [2.05, 4.69) is 32.2 Å². The van der Waals surface area contributed by atoms with E-state index in [1.165, 1.54) is 5.56 Å². The van der Waals surface area contributed by atoms with Gasteiger partial charge in [-0.1, -0.05) is 40.2 Å². The third-order valence-electron chi connectivity index (χ3n) is 4.69. The molecule has 1 saturated heterocycles. The highest BCUT2D eigenvalue weighted by Crippen LogP contribution is 2.26. The van der Waals surface area contributed by atoms with Gasteiger partial charge in [0.15, 0.2) is 0 Å². The first kappa shape index (κ1) is 19.6. The molecule has 1 aliphatic heterocycles. The van der Waals surface area contributed by atoms with Crippen LogP contribution in [-0.4, -0.2) is 37.4 Å². The van der Waals surface area contributed by atoms with Crippen molar-refractivity contribution < 1.29 is 9.59 Å². The summed E-state index contributed by atoms with van der Waals surface area (Å²) < 4.78 is 0.962. The molecule has 3 rings (SSSR count). The number of hydrogen-bond acceptors (Lipinski definition) is 3. The summed E-state index contributed by atoms with van der Waals surface area (Å²) in [6.07, 6.45) is 0.251. The minimum absolute atomic E-state index is 0.00881. The van der Waals surface area contributed by atoms with Crippen LogP contribution in [0.5, 0.6) is 0 Å². The van der Waals surface area contributed by atoms with Crippen LogP contribution in [-0.2, 0) is 22.7 Å². The SMILES string of the molecule is CN(C)Cc1ccccc1CNC(=O)C1CC(=O)N(c2ccc(Br)cc2)C1. The van der Waals surface area contributed by atoms with Gasteiger partial charge in [-0.25, -0.2) is 0 Å². The van der Waals surface area contributed by atoms with E-state index in [0.717, 1.165) is 22.3 Å². The van der Waals surface area contributed by atoms with Crippen molar-refractivity contribution in [2.24, 2.45) is 5.92 Å². The fourth-order valence-corrected chi connectivity index (χ4v) is 3.57. The van der Waals surface area contributed by atoms with Gasteiger partial charge in [-0.15, -0.1) is 0 Å². The maximum absolute atomic E-state index is 12.6. The third kappa shape index (κ3) is 4.96. The van der Waals surface area contributed by atoms with Crippen molar-refractivity contribution in [2.75, 3.05) is 25.5 Å². The number of rotatable bonds is 6. The van der Waals surface area contributed by atoms with Gasteiger partial charge >= 0.3 is 0 Å². The maximum atomic E-state index is 12.6. The van der Waals surface area contributed by atoms with Crippen molar-refractivity contribution >= 4 is 33.4 Å².